The number of anilines is 2. The summed E-state index contributed by atoms with van der Waals surface area (Å²) in [7, 11) is 0. The van der Waals surface area contributed by atoms with Gasteiger partial charge in [0.25, 0.3) is 0 Å². The Morgan fingerprint density at radius 2 is 0.793 bits per heavy atom. The highest BCUT2D eigenvalue weighted by atomic mass is 16.6. The molecule has 6 amide bonds. The molecule has 1 heterocycles. The molecule has 0 radical (unpaired) electrons. The maximum absolute atomic E-state index is 13.2. The van der Waals surface area contributed by atoms with Gasteiger partial charge < -0.3 is 54.4 Å². The van der Waals surface area contributed by atoms with E-state index in [0.717, 1.165) is 119 Å². The van der Waals surface area contributed by atoms with Crippen molar-refractivity contribution in [1.29, 1.82) is 0 Å². The van der Waals surface area contributed by atoms with Gasteiger partial charge in [-0.2, -0.15) is 0 Å². The lowest BCUT2D eigenvalue weighted by atomic mass is 9.61. The monoisotopic (exact) mass is 1710 g/mol. The summed E-state index contributed by atoms with van der Waals surface area (Å²) >= 11 is 0. The summed E-state index contributed by atoms with van der Waals surface area (Å²) in [4.78, 5) is 127. The molecule has 2 unspecified atom stereocenters. The fourth-order valence-corrected chi connectivity index (χ4v) is 16.8. The fraction of sp³-hybridized carbons (Fsp3) is 0.832. The molecule has 1 aliphatic carbocycles. The summed E-state index contributed by atoms with van der Waals surface area (Å²) in [5, 5.41) is 16.3. The van der Waals surface area contributed by atoms with Crippen LogP contribution in [-0.2, 0) is 57.8 Å². The van der Waals surface area contributed by atoms with Crippen LogP contribution < -0.4 is 49.0 Å². The zero-order valence-corrected chi connectivity index (χ0v) is 81.8. The third-order valence-corrected chi connectivity index (χ3v) is 23.4. The molecular weight excluding hydrogens is 1540 g/mol. The van der Waals surface area contributed by atoms with E-state index >= 15 is 0 Å². The quantitative estimate of drug-likeness (QED) is 0.0204. The van der Waals surface area contributed by atoms with Crippen LogP contribution in [0.2, 0.25) is 0 Å². The number of unbranched alkanes of at least 4 members (excludes halogenated alkanes) is 3. The van der Waals surface area contributed by atoms with E-state index in [0.29, 0.717) is 105 Å². The summed E-state index contributed by atoms with van der Waals surface area (Å²) in [6, 6.07) is 5.44. The van der Waals surface area contributed by atoms with Gasteiger partial charge in [-0.25, -0.2) is 56.9 Å². The first-order valence-corrected chi connectivity index (χ1v) is 45.4. The van der Waals surface area contributed by atoms with Crippen molar-refractivity contribution in [3.63, 3.8) is 0 Å². The molecule has 6 N–H and O–H groups in total. The number of aromatic nitrogens is 3. The van der Waals surface area contributed by atoms with Crippen molar-refractivity contribution < 1.29 is 66.7 Å². The SMILES string of the molecule is CCC(CC)(COC(=O)CCC1(C)CC(NC(=O)OCC(CC)(CC)CC(C)(C)C)CC(C)(C)C1)CC(C)(C)C.CCC(CC)(COC(=O)Nc1ccc(C)c(NC(=O)OCC(CC)(CC)CC(C)(C)C)c1)CC(C)(C)C.CCCOC(=O)NCCCCCCn1c(=O)n(CNC(=O)OCCC(C)(C)C)c(=O)n(CNC(=O)OCCC(C)(C)C)c1=O. The van der Waals surface area contributed by atoms with E-state index in [4.69, 9.17) is 33.2 Å². The number of benzene rings is 1. The van der Waals surface area contributed by atoms with Crippen LogP contribution in [0.4, 0.5) is 40.1 Å². The molecule has 26 heteroatoms. The fourth-order valence-electron chi connectivity index (χ4n) is 16.8. The Bertz CT molecular complexity index is 3570. The third kappa shape index (κ3) is 45.8. The number of ether oxygens (including phenoxy) is 7. The van der Waals surface area contributed by atoms with E-state index < -0.39 is 60.9 Å². The second-order valence-corrected chi connectivity index (χ2v) is 43.2. The zero-order valence-electron chi connectivity index (χ0n) is 81.8. The van der Waals surface area contributed by atoms with Crippen LogP contribution in [-0.4, -0.2) is 115 Å². The third-order valence-electron chi connectivity index (χ3n) is 23.4. The maximum atomic E-state index is 13.2. The highest BCUT2D eigenvalue weighted by molar-refractivity contribution is 5.89. The number of amides is 6. The number of esters is 1. The van der Waals surface area contributed by atoms with Gasteiger partial charge in [-0.05, 0) is 203 Å². The van der Waals surface area contributed by atoms with Crippen LogP contribution in [0.1, 0.15) is 367 Å². The molecule has 0 bridgehead atoms. The average molecular weight is 1710 g/mol. The lowest BCUT2D eigenvalue weighted by Crippen LogP contribution is -2.57. The first-order chi connectivity index (χ1) is 55.7. The number of rotatable bonds is 43. The topological polar surface area (TPSA) is 322 Å². The number of carbonyl (C=O) groups excluding carboxylic acids is 7. The van der Waals surface area contributed by atoms with Gasteiger partial charge >= 0.3 is 59.6 Å². The Kier molecular flexibility index (Phi) is 46.7. The molecule has 700 valence electrons. The number of carbonyl (C=O) groups is 7. The van der Waals surface area contributed by atoms with Crippen molar-refractivity contribution in [3.8, 4) is 0 Å². The first kappa shape index (κ1) is 112. The predicted octanol–water partition coefficient (Wildman–Crippen LogP) is 22.8. The molecule has 2 aromatic rings. The first-order valence-electron chi connectivity index (χ1n) is 45.4. The smallest absolute Gasteiger partial charge is 0.411 e. The van der Waals surface area contributed by atoms with E-state index in [1.54, 1.807) is 12.1 Å². The number of hydrogen-bond acceptors (Lipinski definition) is 17. The molecule has 26 nitrogen and oxygen atoms in total. The predicted molar refractivity (Wildman–Crippen MR) is 488 cm³/mol. The van der Waals surface area contributed by atoms with Crippen molar-refractivity contribution in [2.45, 2.75) is 395 Å². The van der Waals surface area contributed by atoms with Crippen LogP contribution in [0.3, 0.4) is 0 Å². The van der Waals surface area contributed by atoms with Crippen LogP contribution in [0.25, 0.3) is 0 Å². The molecule has 1 aromatic heterocycles. The molecule has 0 spiro atoms. The molecule has 2 atom stereocenters. The number of nitrogens with zero attached hydrogens (tertiary/aromatic N) is 3. The van der Waals surface area contributed by atoms with Crippen LogP contribution in [0, 0.1) is 71.9 Å². The Balaban J connectivity index is 0.000000911. The zero-order chi connectivity index (χ0) is 92.9. The molecule has 1 saturated carbocycles. The molecular formula is C95H173N9O17. The standard InChI is InChI=1S/C35H67NO4.C31H54N2O4.C29H52N6O9/c1-14-34(15-2,22-30(5,6)7)25-39-28(37)18-19-33(13)21-27(20-32(11,12)24-33)36-29(38)40-26-35(16-3,17-4)23-31(8,9)10;1-12-30(13-2,19-28(6,7)8)21-36-26(34)32-24-17-16-23(5)25(18-24)33-27(35)37-22-31(14-3,15-4)20-29(9,10)11;1-8-17-42-22(36)30-15-11-9-10-12-16-33-25(39)34(20-31-23(37)43-18-13-28(2,3)4)27(41)35(26(33)40)21-32-24(38)44-19-14-29(5,6)7/h27H,14-26H2,1-13H3,(H,36,38);16-18H,12-15,19-22H2,1-11H3,(H,32,34)(H,33,35);8-21H2,1-7H3,(H,30,36)(H,31,37)(H,32,38). The van der Waals surface area contributed by atoms with Gasteiger partial charge in [-0.1, -0.05) is 227 Å². The summed E-state index contributed by atoms with van der Waals surface area (Å²) in [5.41, 5.74) is -0.216. The molecule has 0 saturated heterocycles. The Morgan fingerprint density at radius 3 is 1.19 bits per heavy atom. The minimum absolute atomic E-state index is 0.00399. The van der Waals surface area contributed by atoms with Gasteiger partial charge in [0.05, 0.1) is 46.2 Å². The molecule has 121 heavy (non-hydrogen) atoms. The van der Waals surface area contributed by atoms with E-state index in [-0.39, 0.29) is 103 Å². The van der Waals surface area contributed by atoms with E-state index in [9.17, 15) is 47.9 Å². The van der Waals surface area contributed by atoms with Crippen molar-refractivity contribution in [2.24, 2.45) is 65.0 Å². The van der Waals surface area contributed by atoms with E-state index in [2.05, 4.69) is 191 Å². The molecule has 0 aliphatic heterocycles. The second kappa shape index (κ2) is 50.6. The van der Waals surface area contributed by atoms with Gasteiger partial charge in [0.1, 0.15) is 13.3 Å². The van der Waals surface area contributed by atoms with Gasteiger partial charge in [-0.15, -0.1) is 0 Å². The van der Waals surface area contributed by atoms with Crippen LogP contribution in [0.15, 0.2) is 32.6 Å². The summed E-state index contributed by atoms with van der Waals surface area (Å²) < 4.78 is 40.7. The minimum Gasteiger partial charge on any atom is -0.465 e. The van der Waals surface area contributed by atoms with Gasteiger partial charge in [-0.3, -0.25) is 15.4 Å². The van der Waals surface area contributed by atoms with Crippen LogP contribution in [0.5, 0.6) is 0 Å². The maximum Gasteiger partial charge on any atom is 0.411 e. The number of aryl methyl sites for hydroxylation is 1. The summed E-state index contributed by atoms with van der Waals surface area (Å²) in [6.45, 7) is 68.6. The number of hydrogen-bond donors (Lipinski definition) is 6. The minimum atomic E-state index is -1.01. The van der Waals surface area contributed by atoms with Gasteiger partial charge in [0.15, 0.2) is 0 Å². The van der Waals surface area contributed by atoms with Crippen molar-refractivity contribution in [1.82, 2.24) is 35.0 Å². The Labute approximate surface area is 730 Å². The number of alkyl carbamates (subject to hydrolysis) is 4. The Morgan fingerprint density at radius 1 is 0.421 bits per heavy atom. The van der Waals surface area contributed by atoms with Crippen molar-refractivity contribution >= 4 is 53.9 Å². The normalized spacial score (nSPS) is 15.4. The van der Waals surface area contributed by atoms with Gasteiger partial charge in [0.2, 0.25) is 0 Å². The summed E-state index contributed by atoms with van der Waals surface area (Å²) in [6.07, 6.45) is 16.8. The second-order valence-electron chi connectivity index (χ2n) is 43.2. The molecule has 1 aromatic carbocycles. The van der Waals surface area contributed by atoms with Crippen LogP contribution >= 0.6 is 0 Å². The van der Waals surface area contributed by atoms with Crippen molar-refractivity contribution in [3.05, 3.63) is 55.2 Å². The largest absolute Gasteiger partial charge is 0.465 e. The Hall–Kier alpha value is -7.28. The van der Waals surface area contributed by atoms with E-state index in [1.807, 2.05) is 61.5 Å². The van der Waals surface area contributed by atoms with Crippen molar-refractivity contribution in [2.75, 3.05) is 63.4 Å². The molecule has 1 aliphatic rings. The van der Waals surface area contributed by atoms with Gasteiger partial charge in [0, 0.05) is 58.6 Å². The highest BCUT2D eigenvalue weighted by Crippen LogP contribution is 2.50. The molecule has 3 rings (SSSR count). The summed E-state index contributed by atoms with van der Waals surface area (Å²) in [5.74, 6) is -0.0944. The lowest BCUT2D eigenvalue weighted by Gasteiger charge is -2.47. The number of nitrogens with one attached hydrogen (secondary N) is 6. The lowest BCUT2D eigenvalue weighted by molar-refractivity contribution is -0.149. The average Bonchev–Trinajstić information content (AvgIpc) is 0.791. The molecule has 1 fully saturated rings. The highest BCUT2D eigenvalue weighted by Gasteiger charge is 2.44. The van der Waals surface area contributed by atoms with E-state index in [1.165, 1.54) is 0 Å².